The number of carboxylic acids is 1. The number of rotatable bonds is 14. The number of carboxylic acid groups (broad SMARTS) is 1. The molecule has 10 heteroatoms. The maximum Gasteiger partial charge on any atom is 0.326 e. The number of aliphatic carboxylic acids is 1. The van der Waals surface area contributed by atoms with E-state index in [-0.39, 0.29) is 11.8 Å². The molecular formula is C20H39N5O5. The minimum atomic E-state index is -1.13. The summed E-state index contributed by atoms with van der Waals surface area (Å²) < 4.78 is 0. The van der Waals surface area contributed by atoms with Crippen molar-refractivity contribution in [1.29, 1.82) is 0 Å². The number of carbonyl (C=O) groups is 4. The third-order valence-corrected chi connectivity index (χ3v) is 5.13. The van der Waals surface area contributed by atoms with Gasteiger partial charge in [0.2, 0.25) is 17.7 Å². The predicted molar refractivity (Wildman–Crippen MR) is 114 cm³/mol. The molecule has 30 heavy (non-hydrogen) atoms. The molecule has 8 N–H and O–H groups in total. The predicted octanol–water partition coefficient (Wildman–Crippen LogP) is -0.296. The molecule has 0 saturated heterocycles. The molecule has 5 atom stereocenters. The van der Waals surface area contributed by atoms with Crippen molar-refractivity contribution in [2.24, 2.45) is 23.3 Å². The van der Waals surface area contributed by atoms with Crippen molar-refractivity contribution in [3.8, 4) is 0 Å². The molecular weight excluding hydrogens is 390 g/mol. The molecule has 0 aliphatic rings. The summed E-state index contributed by atoms with van der Waals surface area (Å²) in [5.41, 5.74) is 11.3. The van der Waals surface area contributed by atoms with Gasteiger partial charge in [0.25, 0.3) is 0 Å². The number of hydrogen-bond acceptors (Lipinski definition) is 6. The van der Waals surface area contributed by atoms with Crippen LogP contribution in [0.4, 0.5) is 0 Å². The van der Waals surface area contributed by atoms with Crippen LogP contribution in [0.3, 0.4) is 0 Å². The molecule has 0 aliphatic heterocycles. The lowest BCUT2D eigenvalue weighted by Crippen LogP contribution is -2.57. The molecule has 0 rings (SSSR count). The zero-order valence-corrected chi connectivity index (χ0v) is 18.7. The van der Waals surface area contributed by atoms with Crippen molar-refractivity contribution in [3.63, 3.8) is 0 Å². The first-order valence-electron chi connectivity index (χ1n) is 10.6. The number of nitrogens with two attached hydrogens (primary N) is 2. The van der Waals surface area contributed by atoms with E-state index in [0.717, 1.165) is 0 Å². The molecule has 0 saturated carbocycles. The highest BCUT2D eigenvalue weighted by molar-refractivity contribution is 5.93. The normalized spacial score (nSPS) is 16.1. The summed E-state index contributed by atoms with van der Waals surface area (Å²) in [5.74, 6) is -3.09. The Morgan fingerprint density at radius 1 is 0.900 bits per heavy atom. The van der Waals surface area contributed by atoms with Gasteiger partial charge in [0.05, 0.1) is 6.04 Å². The second kappa shape index (κ2) is 13.9. The summed E-state index contributed by atoms with van der Waals surface area (Å²) in [7, 11) is 0. The molecule has 0 heterocycles. The molecule has 5 unspecified atom stereocenters. The first-order chi connectivity index (χ1) is 14.0. The van der Waals surface area contributed by atoms with E-state index in [0.29, 0.717) is 32.2 Å². The molecule has 0 fully saturated rings. The lowest BCUT2D eigenvalue weighted by molar-refractivity contribution is -0.144. The maximum atomic E-state index is 12.7. The minimum absolute atomic E-state index is 0.0939. The number of amides is 3. The van der Waals surface area contributed by atoms with Crippen molar-refractivity contribution < 1.29 is 24.3 Å². The maximum absolute atomic E-state index is 12.7. The van der Waals surface area contributed by atoms with Crippen LogP contribution < -0.4 is 27.4 Å². The van der Waals surface area contributed by atoms with Crippen LogP contribution in [0.1, 0.15) is 60.3 Å². The Labute approximate surface area is 178 Å². The van der Waals surface area contributed by atoms with Gasteiger partial charge in [-0.15, -0.1) is 0 Å². The monoisotopic (exact) mass is 429 g/mol. The second-order valence-electron chi connectivity index (χ2n) is 8.06. The smallest absolute Gasteiger partial charge is 0.326 e. The fourth-order valence-corrected chi connectivity index (χ4v) is 2.67. The average molecular weight is 430 g/mol. The lowest BCUT2D eigenvalue weighted by Gasteiger charge is -2.26. The van der Waals surface area contributed by atoms with Crippen molar-refractivity contribution in [2.45, 2.75) is 84.5 Å². The van der Waals surface area contributed by atoms with Crippen molar-refractivity contribution in [3.05, 3.63) is 0 Å². The van der Waals surface area contributed by atoms with Crippen molar-refractivity contribution >= 4 is 23.7 Å². The first kappa shape index (κ1) is 27.8. The van der Waals surface area contributed by atoms with Gasteiger partial charge in [0.15, 0.2) is 0 Å². The van der Waals surface area contributed by atoms with E-state index in [1.54, 1.807) is 20.8 Å². The van der Waals surface area contributed by atoms with E-state index in [1.807, 2.05) is 6.92 Å². The Morgan fingerprint density at radius 2 is 1.50 bits per heavy atom. The molecule has 10 nitrogen and oxygen atoms in total. The van der Waals surface area contributed by atoms with Gasteiger partial charge in [0.1, 0.15) is 18.1 Å². The minimum Gasteiger partial charge on any atom is -0.480 e. The number of carbonyl (C=O) groups excluding carboxylic acids is 3. The summed E-state index contributed by atoms with van der Waals surface area (Å²) in [6, 6.07) is -3.65. The third kappa shape index (κ3) is 9.53. The lowest BCUT2D eigenvalue weighted by atomic mass is 9.98. The van der Waals surface area contributed by atoms with Gasteiger partial charge in [0, 0.05) is 0 Å². The van der Waals surface area contributed by atoms with Crippen LogP contribution in [0, 0.1) is 11.8 Å². The summed E-state index contributed by atoms with van der Waals surface area (Å²) in [5, 5.41) is 17.1. The summed E-state index contributed by atoms with van der Waals surface area (Å²) in [4.78, 5) is 48.9. The number of unbranched alkanes of at least 4 members (excludes halogenated alkanes) is 1. The second-order valence-corrected chi connectivity index (χ2v) is 8.06. The molecule has 0 bridgehead atoms. The Hall–Kier alpha value is -2.20. The van der Waals surface area contributed by atoms with Gasteiger partial charge >= 0.3 is 5.97 Å². The third-order valence-electron chi connectivity index (χ3n) is 5.13. The first-order valence-corrected chi connectivity index (χ1v) is 10.6. The molecule has 3 amide bonds. The zero-order chi connectivity index (χ0) is 23.4. The summed E-state index contributed by atoms with van der Waals surface area (Å²) in [6.07, 6.45) is 2.10. The van der Waals surface area contributed by atoms with Gasteiger partial charge in [-0.05, 0) is 44.6 Å². The molecule has 174 valence electrons. The Balaban J connectivity index is 5.18. The topological polar surface area (TPSA) is 177 Å². The van der Waals surface area contributed by atoms with Gasteiger partial charge in [-0.3, -0.25) is 14.4 Å². The van der Waals surface area contributed by atoms with Crippen molar-refractivity contribution in [1.82, 2.24) is 16.0 Å². The number of hydrogen-bond donors (Lipinski definition) is 6. The van der Waals surface area contributed by atoms with Crippen LogP contribution in [0.15, 0.2) is 0 Å². The molecule has 0 aromatic rings. The zero-order valence-electron chi connectivity index (χ0n) is 18.7. The van der Waals surface area contributed by atoms with Crippen LogP contribution in [0.2, 0.25) is 0 Å². The molecule has 0 aromatic heterocycles. The van der Waals surface area contributed by atoms with Crippen LogP contribution in [-0.4, -0.2) is 59.5 Å². The SMILES string of the molecule is CCC(C)C(NC(=O)C(CCCCN)NC(=O)C(C)NC(=O)C(N)C(C)C)C(=O)O. The Morgan fingerprint density at radius 3 is 1.97 bits per heavy atom. The van der Waals surface area contributed by atoms with E-state index >= 15 is 0 Å². The van der Waals surface area contributed by atoms with Crippen LogP contribution in [0.25, 0.3) is 0 Å². The molecule has 0 aromatic carbocycles. The Kier molecular flexibility index (Phi) is 12.9. The molecule has 0 spiro atoms. The highest BCUT2D eigenvalue weighted by atomic mass is 16.4. The van der Waals surface area contributed by atoms with E-state index in [1.165, 1.54) is 6.92 Å². The van der Waals surface area contributed by atoms with E-state index in [2.05, 4.69) is 16.0 Å². The highest BCUT2D eigenvalue weighted by Gasteiger charge is 2.30. The average Bonchev–Trinajstić information content (AvgIpc) is 2.69. The fraction of sp³-hybridized carbons (Fsp3) is 0.800. The van der Waals surface area contributed by atoms with Crippen LogP contribution in [-0.2, 0) is 19.2 Å². The van der Waals surface area contributed by atoms with Crippen LogP contribution >= 0.6 is 0 Å². The van der Waals surface area contributed by atoms with E-state index < -0.39 is 47.9 Å². The molecule has 0 radical (unpaired) electrons. The van der Waals surface area contributed by atoms with Gasteiger partial charge in [-0.2, -0.15) is 0 Å². The number of nitrogens with one attached hydrogen (secondary N) is 3. The van der Waals surface area contributed by atoms with Gasteiger partial charge in [-0.25, -0.2) is 4.79 Å². The highest BCUT2D eigenvalue weighted by Crippen LogP contribution is 2.10. The van der Waals surface area contributed by atoms with Crippen molar-refractivity contribution in [2.75, 3.05) is 6.54 Å². The van der Waals surface area contributed by atoms with E-state index in [4.69, 9.17) is 11.5 Å². The Bertz CT molecular complexity index is 584. The van der Waals surface area contributed by atoms with E-state index in [9.17, 15) is 24.3 Å². The molecule has 0 aliphatic carbocycles. The summed E-state index contributed by atoms with van der Waals surface area (Å²) >= 11 is 0. The standard InChI is InChI=1S/C20H39N5O5/c1-6-12(4)16(20(29)30)25-18(27)14(9-7-8-10-21)24-17(26)13(5)23-19(28)15(22)11(2)3/h11-16H,6-10,21-22H2,1-5H3,(H,23,28)(H,24,26)(H,25,27)(H,29,30). The quantitative estimate of drug-likeness (QED) is 0.205. The van der Waals surface area contributed by atoms with Gasteiger partial charge < -0.3 is 32.5 Å². The fourth-order valence-electron chi connectivity index (χ4n) is 2.67. The largest absolute Gasteiger partial charge is 0.480 e. The van der Waals surface area contributed by atoms with Gasteiger partial charge in [-0.1, -0.05) is 34.1 Å². The summed E-state index contributed by atoms with van der Waals surface area (Å²) in [6.45, 7) is 9.09. The van der Waals surface area contributed by atoms with Crippen LogP contribution in [0.5, 0.6) is 0 Å².